The number of nitro groups is 1. The van der Waals surface area contributed by atoms with Gasteiger partial charge in [-0.25, -0.2) is 4.79 Å². The summed E-state index contributed by atoms with van der Waals surface area (Å²) in [4.78, 5) is 33.6. The van der Waals surface area contributed by atoms with Crippen molar-refractivity contribution < 1.29 is 24.7 Å². The normalized spacial score (nSPS) is 11.4. The second-order valence-electron chi connectivity index (χ2n) is 6.52. The van der Waals surface area contributed by atoms with Gasteiger partial charge in [-0.05, 0) is 36.5 Å². The number of phenolic OH excluding ortho intramolecular Hbond substituents is 1. The number of amides is 2. The molecule has 1 atom stereocenters. The quantitative estimate of drug-likeness (QED) is 0.274. The number of phenols is 1. The van der Waals surface area contributed by atoms with Gasteiger partial charge in [0, 0.05) is 19.0 Å². The van der Waals surface area contributed by atoms with Crippen LogP contribution < -0.4 is 10.6 Å². The van der Waals surface area contributed by atoms with E-state index in [2.05, 4.69) is 10.6 Å². The fourth-order valence-corrected chi connectivity index (χ4v) is 2.87. The van der Waals surface area contributed by atoms with E-state index in [1.807, 2.05) is 30.3 Å². The number of aryl methyl sites for hydroxylation is 1. The summed E-state index contributed by atoms with van der Waals surface area (Å²) in [5.41, 5.74) is 1.06. The summed E-state index contributed by atoms with van der Waals surface area (Å²) in [6, 6.07) is 12.5. The van der Waals surface area contributed by atoms with E-state index in [1.165, 1.54) is 11.6 Å². The number of carboxylic acid groups (broad SMARTS) is 1. The zero-order chi connectivity index (χ0) is 21.2. The fourth-order valence-electron chi connectivity index (χ4n) is 2.87. The van der Waals surface area contributed by atoms with Crippen LogP contribution in [0.3, 0.4) is 0 Å². The van der Waals surface area contributed by atoms with Gasteiger partial charge < -0.3 is 20.8 Å². The molecule has 0 heterocycles. The van der Waals surface area contributed by atoms with E-state index in [0.717, 1.165) is 31.4 Å². The van der Waals surface area contributed by atoms with E-state index in [0.29, 0.717) is 12.1 Å². The molecule has 9 heteroatoms. The first-order valence-corrected chi connectivity index (χ1v) is 9.14. The molecule has 0 spiro atoms. The van der Waals surface area contributed by atoms with Crippen LogP contribution in [0.1, 0.15) is 24.0 Å². The number of unbranched alkanes of at least 4 members (excludes halogenated alkanes) is 1. The van der Waals surface area contributed by atoms with E-state index >= 15 is 0 Å². The number of nitro benzene ring substituents is 1. The lowest BCUT2D eigenvalue weighted by molar-refractivity contribution is -0.385. The van der Waals surface area contributed by atoms with Crippen LogP contribution >= 0.6 is 0 Å². The molecule has 0 saturated carbocycles. The summed E-state index contributed by atoms with van der Waals surface area (Å²) in [5, 5.41) is 34.3. The number of hydrogen-bond acceptors (Lipinski definition) is 5. The Hall–Kier alpha value is -3.62. The summed E-state index contributed by atoms with van der Waals surface area (Å²) in [6.45, 7) is 0.388. The lowest BCUT2D eigenvalue weighted by Gasteiger charge is -2.17. The van der Waals surface area contributed by atoms with E-state index in [1.54, 1.807) is 0 Å². The maximum atomic E-state index is 12.4. The van der Waals surface area contributed by atoms with E-state index in [4.69, 9.17) is 5.11 Å². The summed E-state index contributed by atoms with van der Waals surface area (Å²) in [7, 11) is 0. The summed E-state index contributed by atoms with van der Waals surface area (Å²) >= 11 is 0. The van der Waals surface area contributed by atoms with Crippen molar-refractivity contribution in [3.05, 3.63) is 69.8 Å². The standard InChI is InChI=1S/C20H23N3O6/c24-18-10-9-15(13-17(18)23(28)29)12-16(22-20(26)27)19(25)21-11-5-4-8-14-6-2-1-3-7-14/h1-3,6-7,9-10,13,16,22,24H,4-5,8,11-12H2,(H,21,25)(H,26,27)/t16-/m0/s1. The molecule has 2 amide bonds. The van der Waals surface area contributed by atoms with Crippen molar-refractivity contribution in [2.45, 2.75) is 31.7 Å². The second kappa shape index (κ2) is 10.6. The molecule has 0 bridgehead atoms. The Morgan fingerprint density at radius 2 is 1.79 bits per heavy atom. The zero-order valence-corrected chi connectivity index (χ0v) is 15.7. The van der Waals surface area contributed by atoms with Crippen LogP contribution in [0.4, 0.5) is 10.5 Å². The molecule has 9 nitrogen and oxygen atoms in total. The third-order valence-corrected chi connectivity index (χ3v) is 4.32. The van der Waals surface area contributed by atoms with Gasteiger partial charge in [-0.15, -0.1) is 0 Å². The average molecular weight is 401 g/mol. The highest BCUT2D eigenvalue weighted by Crippen LogP contribution is 2.26. The van der Waals surface area contributed by atoms with Gasteiger partial charge in [-0.2, -0.15) is 0 Å². The van der Waals surface area contributed by atoms with Crippen LogP contribution in [-0.2, 0) is 17.6 Å². The molecule has 2 aromatic rings. The Bertz CT molecular complexity index is 857. The van der Waals surface area contributed by atoms with Crippen molar-refractivity contribution >= 4 is 17.7 Å². The van der Waals surface area contributed by atoms with E-state index < -0.39 is 34.4 Å². The van der Waals surface area contributed by atoms with E-state index in [-0.39, 0.29) is 6.42 Å². The summed E-state index contributed by atoms with van der Waals surface area (Å²) in [6.07, 6.45) is 1.02. The smallest absolute Gasteiger partial charge is 0.405 e. The molecule has 29 heavy (non-hydrogen) atoms. The van der Waals surface area contributed by atoms with Gasteiger partial charge in [-0.1, -0.05) is 36.4 Å². The minimum Gasteiger partial charge on any atom is -0.502 e. The molecule has 0 aromatic heterocycles. The first kappa shape index (κ1) is 21.7. The minimum atomic E-state index is -1.37. The maximum absolute atomic E-state index is 12.4. The maximum Gasteiger partial charge on any atom is 0.405 e. The van der Waals surface area contributed by atoms with Crippen molar-refractivity contribution in [1.82, 2.24) is 10.6 Å². The van der Waals surface area contributed by atoms with Crippen LogP contribution in [0, 0.1) is 10.1 Å². The molecule has 4 N–H and O–H groups in total. The van der Waals surface area contributed by atoms with Gasteiger partial charge in [-0.3, -0.25) is 14.9 Å². The minimum absolute atomic E-state index is 0.0801. The number of carbonyl (C=O) groups is 2. The molecule has 2 aromatic carbocycles. The highest BCUT2D eigenvalue weighted by atomic mass is 16.6. The number of aromatic hydroxyl groups is 1. The molecule has 0 saturated heterocycles. The topological polar surface area (TPSA) is 142 Å². The Kier molecular flexibility index (Phi) is 7.96. The summed E-state index contributed by atoms with van der Waals surface area (Å²) in [5.74, 6) is -1.01. The van der Waals surface area contributed by atoms with Crippen LogP contribution in [0.5, 0.6) is 5.75 Å². The molecule has 2 rings (SSSR count). The second-order valence-corrected chi connectivity index (χ2v) is 6.52. The Morgan fingerprint density at radius 1 is 1.07 bits per heavy atom. The van der Waals surface area contributed by atoms with Crippen LogP contribution in [0.2, 0.25) is 0 Å². The number of hydrogen-bond donors (Lipinski definition) is 4. The molecule has 0 fully saturated rings. The number of nitrogens with one attached hydrogen (secondary N) is 2. The van der Waals surface area contributed by atoms with Gasteiger partial charge in [0.1, 0.15) is 6.04 Å². The van der Waals surface area contributed by atoms with Gasteiger partial charge in [0.15, 0.2) is 5.75 Å². The van der Waals surface area contributed by atoms with Crippen LogP contribution in [-0.4, -0.2) is 39.7 Å². The van der Waals surface area contributed by atoms with E-state index in [9.17, 15) is 24.8 Å². The van der Waals surface area contributed by atoms with Gasteiger partial charge in [0.2, 0.25) is 5.91 Å². The molecule has 0 aliphatic rings. The van der Waals surface area contributed by atoms with Gasteiger partial charge >= 0.3 is 11.8 Å². The number of rotatable bonds is 10. The average Bonchev–Trinajstić information content (AvgIpc) is 2.68. The van der Waals surface area contributed by atoms with Crippen molar-refractivity contribution in [2.75, 3.05) is 6.54 Å². The Labute approximate surface area is 167 Å². The largest absolute Gasteiger partial charge is 0.502 e. The van der Waals surface area contributed by atoms with Gasteiger partial charge in [0.25, 0.3) is 0 Å². The highest BCUT2D eigenvalue weighted by Gasteiger charge is 2.22. The Balaban J connectivity index is 1.89. The predicted molar refractivity (Wildman–Crippen MR) is 106 cm³/mol. The van der Waals surface area contributed by atoms with Crippen LogP contribution in [0.25, 0.3) is 0 Å². The Morgan fingerprint density at radius 3 is 2.45 bits per heavy atom. The van der Waals surface area contributed by atoms with Crippen molar-refractivity contribution in [2.24, 2.45) is 0 Å². The van der Waals surface area contributed by atoms with Crippen molar-refractivity contribution in [1.29, 1.82) is 0 Å². The monoisotopic (exact) mass is 401 g/mol. The third kappa shape index (κ3) is 7.13. The lowest BCUT2D eigenvalue weighted by atomic mass is 10.0. The van der Waals surface area contributed by atoms with Crippen molar-refractivity contribution in [3.63, 3.8) is 0 Å². The zero-order valence-electron chi connectivity index (χ0n) is 15.7. The number of benzene rings is 2. The number of nitrogens with zero attached hydrogens (tertiary/aromatic N) is 1. The van der Waals surface area contributed by atoms with Crippen LogP contribution in [0.15, 0.2) is 48.5 Å². The molecule has 0 radical (unpaired) electrons. The molecule has 0 aliphatic carbocycles. The lowest BCUT2D eigenvalue weighted by Crippen LogP contribution is -2.47. The fraction of sp³-hybridized carbons (Fsp3) is 0.300. The predicted octanol–water partition coefficient (Wildman–Crippen LogP) is 2.62. The third-order valence-electron chi connectivity index (χ3n) is 4.32. The first-order chi connectivity index (χ1) is 13.9. The number of carbonyl (C=O) groups excluding carboxylic acids is 1. The van der Waals surface area contributed by atoms with Crippen molar-refractivity contribution in [3.8, 4) is 5.75 Å². The first-order valence-electron chi connectivity index (χ1n) is 9.14. The summed E-state index contributed by atoms with van der Waals surface area (Å²) < 4.78 is 0. The molecular weight excluding hydrogens is 378 g/mol. The molecule has 0 aliphatic heterocycles. The van der Waals surface area contributed by atoms with Gasteiger partial charge in [0.05, 0.1) is 4.92 Å². The highest BCUT2D eigenvalue weighted by molar-refractivity contribution is 5.85. The molecule has 0 unspecified atom stereocenters. The molecular formula is C20H23N3O6. The molecule has 154 valence electrons. The SMILES string of the molecule is O=C(O)N[C@@H](Cc1ccc(O)c([N+](=O)[O-])c1)C(=O)NCCCCc1ccccc1.